The third-order valence-electron chi connectivity index (χ3n) is 6.06. The van der Waals surface area contributed by atoms with Gasteiger partial charge in [-0.2, -0.15) is 9.97 Å². The van der Waals surface area contributed by atoms with Crippen molar-refractivity contribution in [2.45, 2.75) is 51.1 Å². The number of hydrogen-bond donors (Lipinski definition) is 3. The highest BCUT2D eigenvalue weighted by Gasteiger charge is 2.25. The van der Waals surface area contributed by atoms with Crippen molar-refractivity contribution < 1.29 is 4.79 Å². The third kappa shape index (κ3) is 6.10. The fourth-order valence-corrected chi connectivity index (χ4v) is 4.31. The number of nitrogen functional groups attached to an aromatic ring is 1. The van der Waals surface area contributed by atoms with E-state index in [0.717, 1.165) is 24.8 Å². The van der Waals surface area contributed by atoms with Gasteiger partial charge in [-0.25, -0.2) is 4.85 Å². The lowest BCUT2D eigenvalue weighted by Gasteiger charge is -2.27. The van der Waals surface area contributed by atoms with Crippen LogP contribution in [0, 0.1) is 12.5 Å². The summed E-state index contributed by atoms with van der Waals surface area (Å²) in [5, 5.41) is 6.37. The van der Waals surface area contributed by atoms with Crippen molar-refractivity contribution >= 4 is 23.4 Å². The van der Waals surface area contributed by atoms with E-state index in [2.05, 4.69) is 25.4 Å². The van der Waals surface area contributed by atoms with Gasteiger partial charge in [0, 0.05) is 25.0 Å². The van der Waals surface area contributed by atoms with Gasteiger partial charge in [-0.1, -0.05) is 56.4 Å². The molecule has 0 bridgehead atoms. The quantitative estimate of drug-likeness (QED) is 0.446. The molecule has 1 atom stereocenters. The Balaban J connectivity index is 1.49. The summed E-state index contributed by atoms with van der Waals surface area (Å²) in [6, 6.07) is 12.5. The number of nitrogens with two attached hydrogens (primary N) is 1. The summed E-state index contributed by atoms with van der Waals surface area (Å²) in [6.45, 7) is 7.47. The molecule has 2 heterocycles. The molecule has 170 valence electrons. The van der Waals surface area contributed by atoms with E-state index in [1.807, 2.05) is 41.2 Å². The number of carbonyl (C=O) groups is 1. The van der Waals surface area contributed by atoms with Gasteiger partial charge in [0.25, 0.3) is 0 Å². The average molecular weight is 444 g/mol. The molecule has 3 aromatic rings. The van der Waals surface area contributed by atoms with Gasteiger partial charge < -0.3 is 20.9 Å². The summed E-state index contributed by atoms with van der Waals surface area (Å²) in [4.78, 5) is 25.3. The summed E-state index contributed by atoms with van der Waals surface area (Å²) in [5.41, 5.74) is 7.50. The standard InChI is InChI=1S/C25H29N7O/c1-27-20-11-9-19(10-12-20)17-28-24(33)21(15-18-7-3-2-4-8-18)29-22-16-23(31-25(26)30-22)32-13-5-6-14-32/h5-6,9-14,16,18,21H,2-4,7-8,15,17H2,(H,28,33)(H3,26,29,30,31)/t21-/m1/s1. The molecule has 0 radical (unpaired) electrons. The number of rotatable bonds is 8. The zero-order valence-corrected chi connectivity index (χ0v) is 18.6. The summed E-state index contributed by atoms with van der Waals surface area (Å²) >= 11 is 0. The fraction of sp³-hybridized carbons (Fsp3) is 0.360. The smallest absolute Gasteiger partial charge is 0.242 e. The molecule has 1 aliphatic carbocycles. The zero-order valence-electron chi connectivity index (χ0n) is 18.6. The van der Waals surface area contributed by atoms with E-state index in [1.54, 1.807) is 18.2 Å². The monoisotopic (exact) mass is 443 g/mol. The number of aromatic nitrogens is 3. The number of nitrogens with one attached hydrogen (secondary N) is 2. The largest absolute Gasteiger partial charge is 0.368 e. The highest BCUT2D eigenvalue weighted by Crippen LogP contribution is 2.28. The molecule has 0 unspecified atom stereocenters. The van der Waals surface area contributed by atoms with Gasteiger partial charge >= 0.3 is 0 Å². The van der Waals surface area contributed by atoms with Crippen molar-refractivity contribution in [3.63, 3.8) is 0 Å². The highest BCUT2D eigenvalue weighted by atomic mass is 16.2. The van der Waals surface area contributed by atoms with Crippen LogP contribution in [0.15, 0.2) is 54.9 Å². The van der Waals surface area contributed by atoms with E-state index in [0.29, 0.717) is 29.8 Å². The van der Waals surface area contributed by atoms with Crippen LogP contribution in [0.2, 0.25) is 0 Å². The van der Waals surface area contributed by atoms with Crippen molar-refractivity contribution in [3.8, 4) is 5.82 Å². The lowest BCUT2D eigenvalue weighted by atomic mass is 9.84. The van der Waals surface area contributed by atoms with Gasteiger partial charge in [0.1, 0.15) is 17.7 Å². The normalized spacial score (nSPS) is 14.9. The van der Waals surface area contributed by atoms with Gasteiger partial charge in [0.05, 0.1) is 6.57 Å². The minimum atomic E-state index is -0.428. The van der Waals surface area contributed by atoms with Crippen molar-refractivity contribution in [2.24, 2.45) is 5.92 Å². The Morgan fingerprint density at radius 1 is 1.15 bits per heavy atom. The molecule has 33 heavy (non-hydrogen) atoms. The number of amides is 1. The van der Waals surface area contributed by atoms with Gasteiger partial charge in [-0.05, 0) is 30.0 Å². The molecular formula is C25H29N7O. The second kappa shape index (κ2) is 10.6. The van der Waals surface area contributed by atoms with Crippen LogP contribution in [0.3, 0.4) is 0 Å². The predicted molar refractivity (Wildman–Crippen MR) is 129 cm³/mol. The summed E-state index contributed by atoms with van der Waals surface area (Å²) in [7, 11) is 0. The Bertz CT molecular complexity index is 1100. The lowest BCUT2D eigenvalue weighted by Crippen LogP contribution is -2.41. The Morgan fingerprint density at radius 2 is 1.88 bits per heavy atom. The Morgan fingerprint density at radius 3 is 2.58 bits per heavy atom. The van der Waals surface area contributed by atoms with Crippen molar-refractivity contribution in [1.29, 1.82) is 0 Å². The Hall–Kier alpha value is -3.86. The molecule has 1 amide bonds. The van der Waals surface area contributed by atoms with Crippen molar-refractivity contribution in [3.05, 3.63) is 71.8 Å². The predicted octanol–water partition coefficient (Wildman–Crippen LogP) is 4.47. The molecule has 1 aliphatic rings. The van der Waals surface area contributed by atoms with Crippen LogP contribution >= 0.6 is 0 Å². The molecule has 0 spiro atoms. The van der Waals surface area contributed by atoms with E-state index >= 15 is 0 Å². The van der Waals surface area contributed by atoms with Crippen LogP contribution in [0.4, 0.5) is 17.5 Å². The van der Waals surface area contributed by atoms with Gasteiger partial charge in [-0.15, -0.1) is 0 Å². The molecule has 1 aromatic carbocycles. The van der Waals surface area contributed by atoms with E-state index in [1.165, 1.54) is 19.3 Å². The highest BCUT2D eigenvalue weighted by molar-refractivity contribution is 5.84. The first-order valence-corrected chi connectivity index (χ1v) is 11.4. The molecule has 1 fully saturated rings. The van der Waals surface area contributed by atoms with Crippen LogP contribution in [0.1, 0.15) is 44.1 Å². The second-order valence-electron chi connectivity index (χ2n) is 8.49. The van der Waals surface area contributed by atoms with E-state index < -0.39 is 6.04 Å². The van der Waals surface area contributed by atoms with Gasteiger partial charge in [0.2, 0.25) is 11.9 Å². The number of anilines is 2. The molecule has 8 heteroatoms. The maximum atomic E-state index is 13.2. The Kier molecular flexibility index (Phi) is 7.20. The molecule has 4 N–H and O–H groups in total. The van der Waals surface area contributed by atoms with Crippen LogP contribution in [0.5, 0.6) is 0 Å². The Labute approximate surface area is 194 Å². The molecular weight excluding hydrogens is 414 g/mol. The first-order valence-electron chi connectivity index (χ1n) is 11.4. The topological polar surface area (TPSA) is 102 Å². The maximum Gasteiger partial charge on any atom is 0.242 e. The molecule has 2 aromatic heterocycles. The molecule has 0 saturated heterocycles. The first-order chi connectivity index (χ1) is 16.1. The van der Waals surface area contributed by atoms with Crippen LogP contribution in [0.25, 0.3) is 10.7 Å². The fourth-order valence-electron chi connectivity index (χ4n) is 4.31. The second-order valence-corrected chi connectivity index (χ2v) is 8.49. The molecule has 8 nitrogen and oxygen atoms in total. The third-order valence-corrected chi connectivity index (χ3v) is 6.06. The van der Waals surface area contributed by atoms with Crippen LogP contribution in [-0.4, -0.2) is 26.5 Å². The number of hydrogen-bond acceptors (Lipinski definition) is 5. The number of benzene rings is 1. The van der Waals surface area contributed by atoms with E-state index in [-0.39, 0.29) is 11.9 Å². The van der Waals surface area contributed by atoms with Gasteiger partial charge in [0.15, 0.2) is 5.69 Å². The first kappa shape index (κ1) is 22.3. The summed E-state index contributed by atoms with van der Waals surface area (Å²) < 4.78 is 1.85. The van der Waals surface area contributed by atoms with E-state index in [4.69, 9.17) is 12.3 Å². The summed E-state index contributed by atoms with van der Waals surface area (Å²) in [6.07, 6.45) is 10.5. The minimum Gasteiger partial charge on any atom is -0.368 e. The van der Waals surface area contributed by atoms with Gasteiger partial charge in [-0.3, -0.25) is 4.79 Å². The molecule has 1 saturated carbocycles. The molecule has 4 rings (SSSR count). The SMILES string of the molecule is [C-]#[N+]c1ccc(CNC(=O)[C@@H](CC2CCCCC2)Nc2cc(-n3cccc3)nc(N)n2)cc1. The average Bonchev–Trinajstić information content (AvgIpc) is 3.38. The zero-order chi connectivity index (χ0) is 23.0. The van der Waals surface area contributed by atoms with Crippen LogP contribution < -0.4 is 16.4 Å². The number of nitrogens with zero attached hydrogens (tertiary/aromatic N) is 4. The van der Waals surface area contributed by atoms with Crippen molar-refractivity contribution in [2.75, 3.05) is 11.1 Å². The number of carbonyl (C=O) groups excluding carboxylic acids is 1. The molecule has 0 aliphatic heterocycles. The maximum absolute atomic E-state index is 13.2. The summed E-state index contributed by atoms with van der Waals surface area (Å²) in [5.74, 6) is 1.76. The minimum absolute atomic E-state index is 0.0745. The van der Waals surface area contributed by atoms with E-state index in [9.17, 15) is 4.79 Å². The lowest BCUT2D eigenvalue weighted by molar-refractivity contribution is -0.122. The van der Waals surface area contributed by atoms with Crippen molar-refractivity contribution in [1.82, 2.24) is 19.9 Å². The van der Waals surface area contributed by atoms with Crippen LogP contribution in [-0.2, 0) is 11.3 Å².